The van der Waals surface area contributed by atoms with Gasteiger partial charge in [-0.1, -0.05) is 0 Å². The Morgan fingerprint density at radius 1 is 1.12 bits per heavy atom. The van der Waals surface area contributed by atoms with Crippen LogP contribution in [0.4, 0.5) is 11.4 Å². The van der Waals surface area contributed by atoms with Crippen molar-refractivity contribution in [3.8, 4) is 11.6 Å². The van der Waals surface area contributed by atoms with E-state index in [1.54, 1.807) is 0 Å². The van der Waals surface area contributed by atoms with Gasteiger partial charge in [-0.15, -0.1) is 0 Å². The van der Waals surface area contributed by atoms with E-state index in [0.717, 1.165) is 0 Å². The fourth-order valence-electron chi connectivity index (χ4n) is 2.79. The van der Waals surface area contributed by atoms with Crippen molar-refractivity contribution in [1.29, 1.82) is 0 Å². The minimum Gasteiger partial charge on any atom is -0.508 e. The highest BCUT2D eigenvalue weighted by Crippen LogP contribution is 2.37. The number of nitro benzene ring substituents is 1. The Labute approximate surface area is 133 Å². The lowest BCUT2D eigenvalue weighted by molar-refractivity contribution is -0.384. The number of ketones is 1. The predicted octanol–water partition coefficient (Wildman–Crippen LogP) is 2.80. The molecule has 0 saturated carbocycles. The zero-order valence-corrected chi connectivity index (χ0v) is 12.0. The van der Waals surface area contributed by atoms with Gasteiger partial charge in [-0.25, -0.2) is 4.99 Å². The molecule has 8 nitrogen and oxygen atoms in total. The van der Waals surface area contributed by atoms with Crippen LogP contribution in [0.3, 0.4) is 0 Å². The lowest BCUT2D eigenvalue weighted by Crippen LogP contribution is -2.10. The first-order valence-electron chi connectivity index (χ1n) is 6.91. The fourth-order valence-corrected chi connectivity index (χ4v) is 2.79. The third-order valence-electron chi connectivity index (χ3n) is 3.88. The number of phenols is 1. The number of rotatable bonds is 2. The van der Waals surface area contributed by atoms with E-state index in [1.165, 1.54) is 36.4 Å². The molecule has 0 aliphatic carbocycles. The molecule has 0 spiro atoms. The maximum atomic E-state index is 12.6. The Morgan fingerprint density at radius 3 is 2.67 bits per heavy atom. The summed E-state index contributed by atoms with van der Waals surface area (Å²) in [5.74, 6) is -0.837. The molecule has 3 aromatic rings. The number of phenolic OH excluding ortho intramolecular Hbond substituents is 1. The molecular formula is C16H9N3O5. The van der Waals surface area contributed by atoms with Crippen LogP contribution < -0.4 is 0 Å². The maximum Gasteiger partial charge on any atom is 0.270 e. The summed E-state index contributed by atoms with van der Waals surface area (Å²) in [4.78, 5) is 29.9. The molecule has 0 unspecified atom stereocenters. The highest BCUT2D eigenvalue weighted by Gasteiger charge is 2.31. The Kier molecular flexibility index (Phi) is 2.71. The summed E-state index contributed by atoms with van der Waals surface area (Å²) >= 11 is 0. The standard InChI is InChI=1S/C16H9N3O5/c20-8-2-4-12-10(6-8)15(21)14(17-12)13-9-5-7(19(23)24)1-3-11(9)18-16(13)22/h1-6,18,20,22H. The van der Waals surface area contributed by atoms with Crippen molar-refractivity contribution in [3.63, 3.8) is 0 Å². The highest BCUT2D eigenvalue weighted by molar-refractivity contribution is 6.56. The number of hydrogen-bond acceptors (Lipinski definition) is 6. The van der Waals surface area contributed by atoms with Gasteiger partial charge in [0.15, 0.2) is 5.88 Å². The molecule has 118 valence electrons. The van der Waals surface area contributed by atoms with Gasteiger partial charge in [-0.05, 0) is 24.3 Å². The van der Waals surface area contributed by atoms with Crippen LogP contribution in [0.1, 0.15) is 15.9 Å². The second-order valence-corrected chi connectivity index (χ2v) is 5.33. The predicted molar refractivity (Wildman–Crippen MR) is 85.3 cm³/mol. The molecule has 0 saturated heterocycles. The van der Waals surface area contributed by atoms with E-state index in [1.807, 2.05) is 0 Å². The van der Waals surface area contributed by atoms with Crippen LogP contribution in [0, 0.1) is 10.1 Å². The number of Topliss-reactive ketones (excluding diaryl/α,β-unsaturated/α-hetero) is 1. The van der Waals surface area contributed by atoms with E-state index in [0.29, 0.717) is 16.6 Å². The summed E-state index contributed by atoms with van der Waals surface area (Å²) in [6.45, 7) is 0. The Morgan fingerprint density at radius 2 is 1.92 bits per heavy atom. The Balaban J connectivity index is 1.94. The van der Waals surface area contributed by atoms with Gasteiger partial charge in [-0.3, -0.25) is 14.9 Å². The van der Waals surface area contributed by atoms with Crippen molar-refractivity contribution in [3.05, 3.63) is 57.6 Å². The van der Waals surface area contributed by atoms with Crippen LogP contribution in [0.25, 0.3) is 10.9 Å². The quantitative estimate of drug-likeness (QED) is 0.493. The number of benzene rings is 2. The van der Waals surface area contributed by atoms with Crippen molar-refractivity contribution in [2.45, 2.75) is 0 Å². The third kappa shape index (κ3) is 1.86. The van der Waals surface area contributed by atoms with Crippen LogP contribution in [-0.4, -0.2) is 31.6 Å². The van der Waals surface area contributed by atoms with E-state index >= 15 is 0 Å². The Hall–Kier alpha value is -3.68. The van der Waals surface area contributed by atoms with E-state index in [2.05, 4.69) is 9.98 Å². The summed E-state index contributed by atoms with van der Waals surface area (Å²) in [6, 6.07) is 8.21. The smallest absolute Gasteiger partial charge is 0.270 e. The van der Waals surface area contributed by atoms with Gasteiger partial charge in [0.05, 0.1) is 21.7 Å². The molecule has 3 N–H and O–H groups in total. The minimum absolute atomic E-state index is 0.0279. The molecular weight excluding hydrogens is 314 g/mol. The number of aliphatic imine (C=N–C) groups is 1. The molecule has 2 heterocycles. The lowest BCUT2D eigenvalue weighted by atomic mass is 10.0. The summed E-state index contributed by atoms with van der Waals surface area (Å²) in [5.41, 5.74) is 0.941. The number of nitro groups is 1. The van der Waals surface area contributed by atoms with Gasteiger partial charge < -0.3 is 15.2 Å². The molecule has 2 aromatic carbocycles. The molecule has 24 heavy (non-hydrogen) atoms. The van der Waals surface area contributed by atoms with Gasteiger partial charge in [0.2, 0.25) is 5.78 Å². The number of H-pyrrole nitrogens is 1. The van der Waals surface area contributed by atoms with E-state index in [9.17, 15) is 25.1 Å². The number of nitrogens with one attached hydrogen (secondary N) is 1. The van der Waals surface area contributed by atoms with Crippen LogP contribution in [0.15, 0.2) is 41.4 Å². The highest BCUT2D eigenvalue weighted by atomic mass is 16.6. The molecule has 0 atom stereocenters. The first kappa shape index (κ1) is 13.9. The average Bonchev–Trinajstić information content (AvgIpc) is 3.03. The monoisotopic (exact) mass is 323 g/mol. The summed E-state index contributed by atoms with van der Waals surface area (Å²) in [5, 5.41) is 31.0. The number of aromatic amines is 1. The largest absolute Gasteiger partial charge is 0.508 e. The van der Waals surface area contributed by atoms with Crippen molar-refractivity contribution in [2.75, 3.05) is 0 Å². The molecule has 0 fully saturated rings. The zero-order chi connectivity index (χ0) is 17.0. The van der Waals surface area contributed by atoms with Crippen molar-refractivity contribution in [2.24, 2.45) is 4.99 Å². The number of aromatic nitrogens is 1. The van der Waals surface area contributed by atoms with Gasteiger partial charge in [-0.2, -0.15) is 0 Å². The summed E-state index contributed by atoms with van der Waals surface area (Å²) in [6.07, 6.45) is 0. The van der Waals surface area contributed by atoms with E-state index in [4.69, 9.17) is 0 Å². The molecule has 1 aliphatic heterocycles. The van der Waals surface area contributed by atoms with E-state index in [-0.39, 0.29) is 34.2 Å². The van der Waals surface area contributed by atoms with Crippen LogP contribution in [0.5, 0.6) is 11.6 Å². The number of hydrogen-bond donors (Lipinski definition) is 3. The van der Waals surface area contributed by atoms with Crippen molar-refractivity contribution >= 4 is 33.8 Å². The Bertz CT molecular complexity index is 1080. The SMILES string of the molecule is O=C1C(c2c(O)[nH]c3ccc([N+](=O)[O-])cc23)=Nc2ccc(O)cc21. The molecule has 0 amide bonds. The van der Waals surface area contributed by atoms with Crippen molar-refractivity contribution < 1.29 is 19.9 Å². The van der Waals surface area contributed by atoms with Gasteiger partial charge >= 0.3 is 0 Å². The minimum atomic E-state index is -0.557. The second kappa shape index (κ2) is 4.66. The first-order chi connectivity index (χ1) is 11.5. The average molecular weight is 323 g/mol. The number of aromatic hydroxyl groups is 2. The number of carbonyl (C=O) groups excluding carboxylic acids is 1. The molecule has 8 heteroatoms. The number of carbonyl (C=O) groups is 1. The molecule has 0 bridgehead atoms. The molecule has 0 radical (unpaired) electrons. The summed E-state index contributed by atoms with van der Waals surface area (Å²) in [7, 11) is 0. The zero-order valence-electron chi connectivity index (χ0n) is 12.0. The topological polar surface area (TPSA) is 129 Å². The maximum absolute atomic E-state index is 12.6. The van der Waals surface area contributed by atoms with Crippen LogP contribution in [0.2, 0.25) is 0 Å². The number of fused-ring (bicyclic) bond motifs is 2. The fraction of sp³-hybridized carbons (Fsp3) is 0. The molecule has 4 rings (SSSR count). The number of non-ortho nitro benzene ring substituents is 1. The third-order valence-corrected chi connectivity index (χ3v) is 3.88. The normalized spacial score (nSPS) is 13.2. The van der Waals surface area contributed by atoms with Gasteiger partial charge in [0.1, 0.15) is 11.5 Å². The molecule has 1 aliphatic rings. The lowest BCUT2D eigenvalue weighted by Gasteiger charge is -1.99. The van der Waals surface area contributed by atoms with Crippen molar-refractivity contribution in [1.82, 2.24) is 4.98 Å². The first-order valence-corrected chi connectivity index (χ1v) is 6.91. The summed E-state index contributed by atoms with van der Waals surface area (Å²) < 4.78 is 0. The number of nitrogens with zero attached hydrogens (tertiary/aromatic N) is 2. The molecule has 1 aromatic heterocycles. The van der Waals surface area contributed by atoms with Crippen LogP contribution in [-0.2, 0) is 0 Å². The van der Waals surface area contributed by atoms with E-state index < -0.39 is 10.7 Å². The second-order valence-electron chi connectivity index (χ2n) is 5.33. The van der Waals surface area contributed by atoms with Gasteiger partial charge in [0.25, 0.3) is 5.69 Å². The van der Waals surface area contributed by atoms with Crippen LogP contribution >= 0.6 is 0 Å². The van der Waals surface area contributed by atoms with Gasteiger partial charge in [0, 0.05) is 23.0 Å².